The van der Waals surface area contributed by atoms with Crippen molar-refractivity contribution >= 4 is 5.91 Å². The molecule has 17 heavy (non-hydrogen) atoms. The van der Waals surface area contributed by atoms with Crippen LogP contribution in [0.1, 0.15) is 32.6 Å². The molecule has 6 heteroatoms. The second-order valence-electron chi connectivity index (χ2n) is 4.64. The van der Waals surface area contributed by atoms with E-state index in [1.165, 1.54) is 7.05 Å². The minimum atomic E-state index is -4.34. The minimum Gasteiger partial charge on any atom is -0.335 e. The Kier molecular flexibility index (Phi) is 4.41. The number of carbonyl (C=O) groups excluding carboxylic acids is 1. The molecule has 0 aromatic heterocycles. The van der Waals surface area contributed by atoms with Crippen LogP contribution in [0.3, 0.4) is 0 Å². The molecular weight excluding hydrogens is 233 g/mol. The third-order valence-corrected chi connectivity index (χ3v) is 3.09. The number of hydrogen-bond acceptors (Lipinski definition) is 2. The van der Waals surface area contributed by atoms with Gasteiger partial charge in [-0.15, -0.1) is 0 Å². The zero-order chi connectivity index (χ0) is 13.1. The van der Waals surface area contributed by atoms with E-state index in [0.29, 0.717) is 19.4 Å². The first-order valence-electron chi connectivity index (χ1n) is 5.88. The summed E-state index contributed by atoms with van der Waals surface area (Å²) in [5.74, 6) is -0.436. The Morgan fingerprint density at radius 1 is 1.47 bits per heavy atom. The molecule has 0 saturated carbocycles. The maximum Gasteiger partial charge on any atom is 0.406 e. The molecule has 1 amide bonds. The van der Waals surface area contributed by atoms with Gasteiger partial charge in [0.05, 0.1) is 5.54 Å². The van der Waals surface area contributed by atoms with Crippen LogP contribution in [0, 0.1) is 0 Å². The molecule has 0 spiro atoms. The Labute approximate surface area is 99.4 Å². The summed E-state index contributed by atoms with van der Waals surface area (Å²) in [5.41, 5.74) is -0.769. The first-order valence-corrected chi connectivity index (χ1v) is 5.88. The second-order valence-corrected chi connectivity index (χ2v) is 4.64. The summed E-state index contributed by atoms with van der Waals surface area (Å²) in [6, 6.07) is 0. The third-order valence-electron chi connectivity index (χ3n) is 3.09. The van der Waals surface area contributed by atoms with Crippen molar-refractivity contribution in [3.8, 4) is 0 Å². The molecule has 1 heterocycles. The molecule has 3 nitrogen and oxygen atoms in total. The van der Waals surface area contributed by atoms with E-state index in [1.807, 2.05) is 6.92 Å². The normalized spacial score (nSPS) is 25.0. The Hall–Kier alpha value is -0.780. The number of rotatable bonds is 4. The van der Waals surface area contributed by atoms with Gasteiger partial charge in [-0.05, 0) is 25.8 Å². The number of carbonyl (C=O) groups is 1. The molecule has 0 radical (unpaired) electrons. The molecule has 0 aromatic rings. The lowest BCUT2D eigenvalue weighted by atomic mass is 9.90. The molecule has 0 bridgehead atoms. The molecular formula is C11H19F3N2O. The van der Waals surface area contributed by atoms with Crippen LogP contribution in [0.2, 0.25) is 0 Å². The summed E-state index contributed by atoms with van der Waals surface area (Å²) in [7, 11) is 1.22. The summed E-state index contributed by atoms with van der Waals surface area (Å²) < 4.78 is 36.7. The van der Waals surface area contributed by atoms with Gasteiger partial charge in [-0.3, -0.25) is 4.79 Å². The Morgan fingerprint density at radius 3 is 2.53 bits per heavy atom. The summed E-state index contributed by atoms with van der Waals surface area (Å²) in [6.45, 7) is 1.45. The molecule has 1 unspecified atom stereocenters. The number of alkyl halides is 3. The molecule has 100 valence electrons. The van der Waals surface area contributed by atoms with Crippen LogP contribution in [0.25, 0.3) is 0 Å². The molecule has 1 aliphatic rings. The maximum absolute atomic E-state index is 12.2. The van der Waals surface area contributed by atoms with Crippen molar-refractivity contribution in [2.24, 2.45) is 0 Å². The largest absolute Gasteiger partial charge is 0.406 e. The lowest BCUT2D eigenvalue weighted by molar-refractivity contribution is -0.162. The van der Waals surface area contributed by atoms with E-state index >= 15 is 0 Å². The molecule has 1 atom stereocenters. The average molecular weight is 252 g/mol. The fourth-order valence-corrected chi connectivity index (χ4v) is 2.44. The van der Waals surface area contributed by atoms with Gasteiger partial charge in [0.15, 0.2) is 0 Å². The van der Waals surface area contributed by atoms with Gasteiger partial charge in [-0.2, -0.15) is 13.2 Å². The molecule has 1 fully saturated rings. The van der Waals surface area contributed by atoms with E-state index < -0.39 is 24.2 Å². The van der Waals surface area contributed by atoms with E-state index in [2.05, 4.69) is 5.32 Å². The summed E-state index contributed by atoms with van der Waals surface area (Å²) in [6.07, 6.45) is -1.50. The molecule has 1 rings (SSSR count). The number of amides is 1. The second kappa shape index (κ2) is 5.25. The first-order chi connectivity index (χ1) is 7.81. The van der Waals surface area contributed by atoms with Crippen molar-refractivity contribution in [2.45, 2.75) is 44.3 Å². The van der Waals surface area contributed by atoms with E-state index in [-0.39, 0.29) is 0 Å². The fourth-order valence-electron chi connectivity index (χ4n) is 2.44. The van der Waals surface area contributed by atoms with E-state index in [1.54, 1.807) is 0 Å². The highest BCUT2D eigenvalue weighted by atomic mass is 19.4. The molecule has 1 saturated heterocycles. The van der Waals surface area contributed by atoms with Crippen LogP contribution in [-0.4, -0.2) is 42.7 Å². The third kappa shape index (κ3) is 3.59. The van der Waals surface area contributed by atoms with Crippen molar-refractivity contribution in [3.05, 3.63) is 0 Å². The number of halogens is 3. The van der Waals surface area contributed by atoms with E-state index in [9.17, 15) is 18.0 Å². The van der Waals surface area contributed by atoms with Gasteiger partial charge >= 0.3 is 6.18 Å². The van der Waals surface area contributed by atoms with Crippen molar-refractivity contribution in [2.75, 3.05) is 20.1 Å². The SMILES string of the molecule is CCCC1(C(=O)N(C)CC(F)(F)F)CCCN1. The fraction of sp³-hybridized carbons (Fsp3) is 0.909. The van der Waals surface area contributed by atoms with Crippen LogP contribution in [0.4, 0.5) is 13.2 Å². The predicted octanol–water partition coefficient (Wildman–Crippen LogP) is 1.93. The highest BCUT2D eigenvalue weighted by Crippen LogP contribution is 2.28. The molecule has 0 aromatic carbocycles. The smallest absolute Gasteiger partial charge is 0.335 e. The van der Waals surface area contributed by atoms with Crippen LogP contribution >= 0.6 is 0 Å². The average Bonchev–Trinajstić information content (AvgIpc) is 2.64. The number of hydrogen-bond donors (Lipinski definition) is 1. The Bertz CT molecular complexity index is 272. The lowest BCUT2D eigenvalue weighted by Gasteiger charge is -2.32. The zero-order valence-corrected chi connectivity index (χ0v) is 10.2. The molecule has 1 aliphatic heterocycles. The number of nitrogens with one attached hydrogen (secondary N) is 1. The highest BCUT2D eigenvalue weighted by Gasteiger charge is 2.43. The quantitative estimate of drug-likeness (QED) is 0.829. The van der Waals surface area contributed by atoms with Crippen molar-refractivity contribution < 1.29 is 18.0 Å². The van der Waals surface area contributed by atoms with Gasteiger partial charge < -0.3 is 10.2 Å². The predicted molar refractivity (Wildman–Crippen MR) is 58.6 cm³/mol. The Morgan fingerprint density at radius 2 is 2.12 bits per heavy atom. The van der Waals surface area contributed by atoms with E-state index in [0.717, 1.165) is 17.7 Å². The van der Waals surface area contributed by atoms with Crippen molar-refractivity contribution in [3.63, 3.8) is 0 Å². The van der Waals surface area contributed by atoms with Gasteiger partial charge in [0, 0.05) is 7.05 Å². The minimum absolute atomic E-state index is 0.436. The highest BCUT2D eigenvalue weighted by molar-refractivity contribution is 5.86. The van der Waals surface area contributed by atoms with Gasteiger partial charge in [0.2, 0.25) is 5.91 Å². The Balaban J connectivity index is 2.71. The van der Waals surface area contributed by atoms with Crippen molar-refractivity contribution in [1.29, 1.82) is 0 Å². The summed E-state index contributed by atoms with van der Waals surface area (Å²) in [5, 5.41) is 3.08. The number of nitrogens with zero attached hydrogens (tertiary/aromatic N) is 1. The van der Waals surface area contributed by atoms with Crippen LogP contribution in [0.15, 0.2) is 0 Å². The monoisotopic (exact) mass is 252 g/mol. The standard InChI is InChI=1S/C11H19F3N2O/c1-3-5-10(6-4-7-15-10)9(17)16(2)8-11(12,13)14/h15H,3-8H2,1-2H3. The first kappa shape index (κ1) is 14.3. The van der Waals surface area contributed by atoms with Crippen LogP contribution in [0.5, 0.6) is 0 Å². The lowest BCUT2D eigenvalue weighted by Crippen LogP contribution is -2.55. The van der Waals surface area contributed by atoms with E-state index in [4.69, 9.17) is 0 Å². The van der Waals surface area contributed by atoms with Gasteiger partial charge in [0.1, 0.15) is 6.54 Å². The van der Waals surface area contributed by atoms with Crippen LogP contribution < -0.4 is 5.32 Å². The maximum atomic E-state index is 12.2. The zero-order valence-electron chi connectivity index (χ0n) is 10.2. The summed E-state index contributed by atoms with van der Waals surface area (Å²) >= 11 is 0. The molecule has 1 N–H and O–H groups in total. The van der Waals surface area contributed by atoms with Gasteiger partial charge in [-0.25, -0.2) is 0 Å². The topological polar surface area (TPSA) is 32.3 Å². The number of likely N-dealkylation sites (N-methyl/N-ethyl adjacent to an activating group) is 1. The molecule has 0 aliphatic carbocycles. The van der Waals surface area contributed by atoms with Crippen LogP contribution in [-0.2, 0) is 4.79 Å². The summed E-state index contributed by atoms with van der Waals surface area (Å²) in [4.78, 5) is 12.9. The van der Waals surface area contributed by atoms with Gasteiger partial charge in [-0.1, -0.05) is 13.3 Å². The van der Waals surface area contributed by atoms with Crippen molar-refractivity contribution in [1.82, 2.24) is 10.2 Å². The van der Waals surface area contributed by atoms with Gasteiger partial charge in [0.25, 0.3) is 0 Å².